The second-order valence-electron chi connectivity index (χ2n) is 16.7. The minimum Gasteiger partial charge on any atom is -0.423 e. The minimum atomic E-state index is -1.43. The quantitative estimate of drug-likeness (QED) is 0.163. The van der Waals surface area contributed by atoms with Gasteiger partial charge in [0.25, 0.3) is 0 Å². The molecule has 2 N–H and O–H groups in total. The van der Waals surface area contributed by atoms with Crippen LogP contribution in [0.1, 0.15) is 66.8 Å². The topological polar surface area (TPSA) is 40.5 Å². The monoisotopic (exact) mass is 888 g/mol. The summed E-state index contributed by atoms with van der Waals surface area (Å²) in [5.74, 6) is 0. The summed E-state index contributed by atoms with van der Waals surface area (Å²) in [5.41, 5.74) is 24.3. The van der Waals surface area contributed by atoms with Crippen molar-refractivity contribution >= 4 is 75.1 Å². The van der Waals surface area contributed by atoms with Gasteiger partial charge in [0.2, 0.25) is 0 Å². The number of halogens is 1. The molecule has 0 amide bonds. The lowest BCUT2D eigenvalue weighted by Crippen LogP contribution is -2.32. The molecule has 4 aliphatic carbocycles. The maximum absolute atomic E-state index is 9.41. The van der Waals surface area contributed by atoms with Crippen LogP contribution in [0.4, 0.5) is 0 Å². The summed E-state index contributed by atoms with van der Waals surface area (Å²) in [6.07, 6.45) is 13.0. The van der Waals surface area contributed by atoms with E-state index in [1.54, 1.807) is 6.07 Å². The Morgan fingerprint density at radius 2 is 0.578 bits per heavy atom. The van der Waals surface area contributed by atoms with Gasteiger partial charge >= 0.3 is 7.12 Å². The molecule has 8 aromatic carbocycles. The average Bonchev–Trinajstić information content (AvgIpc) is 4.17. The normalized spacial score (nSPS) is 13.7. The highest BCUT2D eigenvalue weighted by Crippen LogP contribution is 2.42. The second kappa shape index (κ2) is 18.5. The summed E-state index contributed by atoms with van der Waals surface area (Å²) in [6.45, 7) is 0. The Morgan fingerprint density at radius 1 is 0.297 bits per heavy atom. The van der Waals surface area contributed by atoms with E-state index >= 15 is 0 Å². The van der Waals surface area contributed by atoms with E-state index < -0.39 is 7.12 Å². The summed E-state index contributed by atoms with van der Waals surface area (Å²) in [4.78, 5) is 0. The van der Waals surface area contributed by atoms with Gasteiger partial charge in [-0.2, -0.15) is 0 Å². The summed E-state index contributed by atoms with van der Waals surface area (Å²) in [6, 6.07) is 67.9. The van der Waals surface area contributed by atoms with Crippen LogP contribution in [0.2, 0.25) is 0 Å². The molecule has 0 radical (unpaired) electrons. The molecule has 4 aliphatic rings. The lowest BCUT2D eigenvalue weighted by molar-refractivity contribution is 0.425. The van der Waals surface area contributed by atoms with E-state index in [2.05, 4.69) is 198 Å². The predicted octanol–water partition coefficient (Wildman–Crippen LogP) is 13.6. The van der Waals surface area contributed by atoms with Gasteiger partial charge in [-0.15, -0.1) is 0 Å². The molecule has 0 aromatic heterocycles. The van der Waals surface area contributed by atoms with Gasteiger partial charge in [-0.05, 0) is 137 Å². The third kappa shape index (κ3) is 8.61. The van der Waals surface area contributed by atoms with Crippen molar-refractivity contribution in [3.63, 3.8) is 0 Å². The van der Waals surface area contributed by atoms with Crippen LogP contribution in [0.5, 0.6) is 0 Å². The molecule has 0 aliphatic heterocycles. The molecule has 0 heterocycles. The number of hydrogen-bond acceptors (Lipinski definition) is 2. The van der Waals surface area contributed by atoms with Crippen LogP contribution >= 0.6 is 15.9 Å². The zero-order chi connectivity index (χ0) is 43.4. The maximum atomic E-state index is 9.41. The van der Waals surface area contributed by atoms with Crippen LogP contribution in [-0.4, -0.2) is 17.2 Å². The number of benzene rings is 8. The van der Waals surface area contributed by atoms with Crippen molar-refractivity contribution in [3.8, 4) is 11.1 Å². The van der Waals surface area contributed by atoms with Crippen molar-refractivity contribution in [3.05, 3.63) is 265 Å². The van der Waals surface area contributed by atoms with Crippen molar-refractivity contribution in [2.75, 3.05) is 0 Å². The number of rotatable bonds is 6. The predicted molar refractivity (Wildman–Crippen MR) is 274 cm³/mol. The smallest absolute Gasteiger partial charge is 0.423 e. The highest BCUT2D eigenvalue weighted by Gasteiger charge is 2.23. The van der Waals surface area contributed by atoms with E-state index in [0.29, 0.717) is 5.46 Å². The molecule has 8 aromatic rings. The molecular formula is C60H46BBrO2. The Morgan fingerprint density at radius 3 is 0.953 bits per heavy atom. The Labute approximate surface area is 385 Å². The first-order valence-electron chi connectivity index (χ1n) is 22.0. The third-order valence-corrected chi connectivity index (χ3v) is 13.4. The molecule has 64 heavy (non-hydrogen) atoms. The van der Waals surface area contributed by atoms with Crippen molar-refractivity contribution in [1.82, 2.24) is 0 Å². The summed E-state index contributed by atoms with van der Waals surface area (Å²) >= 11 is 3.61. The van der Waals surface area contributed by atoms with Gasteiger partial charge in [-0.1, -0.05) is 228 Å². The molecule has 0 saturated carbocycles. The van der Waals surface area contributed by atoms with Crippen molar-refractivity contribution in [2.45, 2.75) is 25.7 Å². The Hall–Kier alpha value is -6.82. The fourth-order valence-electron chi connectivity index (χ4n) is 9.54. The molecule has 0 saturated heterocycles. The van der Waals surface area contributed by atoms with Crippen LogP contribution in [0.25, 0.3) is 57.7 Å². The fraction of sp³-hybridized carbons (Fsp3) is 0.0667. The van der Waals surface area contributed by atoms with E-state index in [9.17, 15) is 10.0 Å². The lowest BCUT2D eigenvalue weighted by Gasteiger charge is -2.15. The van der Waals surface area contributed by atoms with E-state index in [1.165, 1.54) is 93.5 Å². The molecule has 0 unspecified atom stereocenters. The summed E-state index contributed by atoms with van der Waals surface area (Å²) < 4.78 is 1.18. The first kappa shape index (κ1) is 41.2. The van der Waals surface area contributed by atoms with Crippen LogP contribution < -0.4 is 5.46 Å². The van der Waals surface area contributed by atoms with Gasteiger partial charge in [0.15, 0.2) is 0 Å². The van der Waals surface area contributed by atoms with Gasteiger partial charge in [-0.3, -0.25) is 0 Å². The van der Waals surface area contributed by atoms with Crippen molar-refractivity contribution in [1.29, 1.82) is 0 Å². The molecule has 2 nitrogen and oxygen atoms in total. The molecule has 0 spiro atoms. The first-order valence-corrected chi connectivity index (χ1v) is 22.8. The number of hydrogen-bond donors (Lipinski definition) is 2. The van der Waals surface area contributed by atoms with Gasteiger partial charge in [0, 0.05) is 4.47 Å². The Bertz CT molecular complexity index is 3060. The van der Waals surface area contributed by atoms with E-state index in [-0.39, 0.29) is 0 Å². The molecule has 4 heteroatoms. The molecule has 0 bridgehead atoms. The Kier molecular flexibility index (Phi) is 11.9. The molecule has 12 rings (SSSR count). The van der Waals surface area contributed by atoms with Crippen LogP contribution in [-0.2, 0) is 25.7 Å². The van der Waals surface area contributed by atoms with E-state index in [1.807, 2.05) is 30.3 Å². The maximum Gasteiger partial charge on any atom is 0.489 e. The SMILES string of the molecule is Brc1ccccc1C1=Cc2ccccc2C1.C1=C(c2ccccc2-c2ccccc2C2=Cc3ccccc3C2)Cc2ccccc21.OB(O)c1ccccc1C1=Cc2ccccc2C1. The fourth-order valence-corrected chi connectivity index (χ4v) is 10.1. The lowest BCUT2D eigenvalue weighted by atomic mass is 9.75. The van der Waals surface area contributed by atoms with E-state index in [4.69, 9.17) is 0 Å². The van der Waals surface area contributed by atoms with Crippen LogP contribution in [0.15, 0.2) is 199 Å². The number of allylic oxidation sites excluding steroid dienone is 4. The zero-order valence-electron chi connectivity index (χ0n) is 35.5. The highest BCUT2D eigenvalue weighted by molar-refractivity contribution is 9.10. The molecular weight excluding hydrogens is 843 g/mol. The zero-order valence-corrected chi connectivity index (χ0v) is 37.0. The van der Waals surface area contributed by atoms with Crippen molar-refractivity contribution in [2.24, 2.45) is 0 Å². The number of fused-ring (bicyclic) bond motifs is 4. The first-order chi connectivity index (χ1) is 31.5. The summed E-state index contributed by atoms with van der Waals surface area (Å²) in [5, 5.41) is 18.8. The minimum absolute atomic E-state index is 0.566. The largest absolute Gasteiger partial charge is 0.489 e. The summed E-state index contributed by atoms with van der Waals surface area (Å²) in [7, 11) is -1.43. The average molecular weight is 890 g/mol. The van der Waals surface area contributed by atoms with Crippen LogP contribution in [0, 0.1) is 0 Å². The van der Waals surface area contributed by atoms with E-state index in [0.717, 1.165) is 36.8 Å². The third-order valence-electron chi connectivity index (χ3n) is 12.7. The molecule has 0 fully saturated rings. The van der Waals surface area contributed by atoms with Gasteiger partial charge < -0.3 is 10.0 Å². The van der Waals surface area contributed by atoms with Crippen LogP contribution in [0.3, 0.4) is 0 Å². The van der Waals surface area contributed by atoms with Gasteiger partial charge in [0.1, 0.15) is 0 Å². The van der Waals surface area contributed by atoms with Gasteiger partial charge in [-0.25, -0.2) is 0 Å². The molecule has 0 atom stereocenters. The second-order valence-corrected chi connectivity index (χ2v) is 17.6. The Balaban J connectivity index is 0.000000122. The van der Waals surface area contributed by atoms with Crippen molar-refractivity contribution < 1.29 is 10.0 Å². The molecule has 308 valence electrons. The van der Waals surface area contributed by atoms with Gasteiger partial charge in [0.05, 0.1) is 0 Å². The standard InChI is InChI=1S/C30H22.C15H13BO2.C15H11Br/c1-2-10-22-18-25(17-21(22)9-1)27-13-5-7-15-29(27)30-16-8-6-14-28(30)26-19-23-11-3-4-12-24(23)20-26;17-16(18)15-8-4-3-7-14(15)13-9-11-5-1-2-6-12(11)10-13;16-15-8-4-3-7-14(15)13-9-11-5-1-2-6-12(11)10-13/h1-17,19H,18,20H2;1-9,17-18H,10H2;1-9H,10H2. The highest BCUT2D eigenvalue weighted by atomic mass is 79.9.